The summed E-state index contributed by atoms with van der Waals surface area (Å²) in [5, 5.41) is 9.02. The molecule has 4 nitrogen and oxygen atoms in total. The van der Waals surface area contributed by atoms with Crippen molar-refractivity contribution in [3.05, 3.63) is 36.2 Å². The molecule has 0 aliphatic carbocycles. The van der Waals surface area contributed by atoms with Crippen molar-refractivity contribution in [1.29, 1.82) is 0 Å². The minimum atomic E-state index is -0.446. The number of fused-ring (bicyclic) bond motifs is 1. The van der Waals surface area contributed by atoms with Gasteiger partial charge in [-0.3, -0.25) is 4.79 Å². The van der Waals surface area contributed by atoms with E-state index in [0.29, 0.717) is 5.56 Å². The van der Waals surface area contributed by atoms with Crippen LogP contribution in [0.5, 0.6) is 0 Å². The van der Waals surface area contributed by atoms with Gasteiger partial charge >= 0.3 is 0 Å². The van der Waals surface area contributed by atoms with Gasteiger partial charge in [0.1, 0.15) is 0 Å². The largest absolute Gasteiger partial charge is 0.366 e. The van der Waals surface area contributed by atoms with Gasteiger partial charge in [-0.1, -0.05) is 12.1 Å². The number of nitrogens with two attached hydrogens (primary N) is 1. The number of carbonyl (C=O) groups excluding carboxylic acids is 1. The highest BCUT2D eigenvalue weighted by Gasteiger charge is 2.04. The summed E-state index contributed by atoms with van der Waals surface area (Å²) in [6.07, 6.45) is 3.14. The molecule has 0 spiro atoms. The lowest BCUT2D eigenvalue weighted by atomic mass is 10.1. The second-order valence-corrected chi connectivity index (χ2v) is 2.66. The number of nitrogens with zero attached hydrogens (tertiary/aromatic N) is 2. The van der Waals surface area contributed by atoms with Crippen LogP contribution in [0, 0.1) is 0 Å². The first-order valence-electron chi connectivity index (χ1n) is 3.78. The molecule has 2 rings (SSSR count). The Hall–Kier alpha value is -1.97. The molecule has 13 heavy (non-hydrogen) atoms. The van der Waals surface area contributed by atoms with Crippen LogP contribution in [0.2, 0.25) is 0 Å². The van der Waals surface area contributed by atoms with Gasteiger partial charge in [0.2, 0.25) is 5.91 Å². The number of benzene rings is 1. The van der Waals surface area contributed by atoms with Crippen LogP contribution < -0.4 is 5.73 Å². The Labute approximate surface area is 74.4 Å². The molecule has 0 saturated carbocycles. The highest BCUT2D eigenvalue weighted by atomic mass is 16.1. The summed E-state index contributed by atoms with van der Waals surface area (Å²) in [7, 11) is 0. The van der Waals surface area contributed by atoms with E-state index < -0.39 is 5.91 Å². The smallest absolute Gasteiger partial charge is 0.249 e. The maximum atomic E-state index is 11.0. The van der Waals surface area contributed by atoms with Crippen LogP contribution in [-0.2, 0) is 0 Å². The molecular formula is C9H7N3O. The average molecular weight is 173 g/mol. The summed E-state index contributed by atoms with van der Waals surface area (Å²) in [5.41, 5.74) is 5.67. The zero-order valence-corrected chi connectivity index (χ0v) is 6.77. The zero-order chi connectivity index (χ0) is 9.26. The van der Waals surface area contributed by atoms with Crippen LogP contribution in [0.3, 0.4) is 0 Å². The molecule has 0 fully saturated rings. The molecule has 64 valence electrons. The van der Waals surface area contributed by atoms with E-state index in [2.05, 4.69) is 10.2 Å². The van der Waals surface area contributed by atoms with Crippen molar-refractivity contribution >= 4 is 16.7 Å². The topological polar surface area (TPSA) is 68.9 Å². The van der Waals surface area contributed by atoms with E-state index in [1.54, 1.807) is 18.3 Å². The van der Waals surface area contributed by atoms with E-state index in [4.69, 9.17) is 5.73 Å². The number of aromatic nitrogens is 2. The molecule has 2 aromatic rings. The van der Waals surface area contributed by atoms with E-state index in [0.717, 1.165) is 10.8 Å². The fraction of sp³-hybridized carbons (Fsp3) is 0. The Morgan fingerprint density at radius 1 is 1.23 bits per heavy atom. The molecule has 1 aromatic carbocycles. The lowest BCUT2D eigenvalue weighted by molar-refractivity contribution is 0.100. The van der Waals surface area contributed by atoms with Gasteiger partial charge in [-0.15, -0.1) is 0 Å². The summed E-state index contributed by atoms with van der Waals surface area (Å²) < 4.78 is 0. The molecule has 4 heteroatoms. The normalized spacial score (nSPS) is 10.2. The Balaban J connectivity index is 2.83. The molecule has 0 bridgehead atoms. The molecule has 0 unspecified atom stereocenters. The van der Waals surface area contributed by atoms with Crippen molar-refractivity contribution in [2.24, 2.45) is 5.73 Å². The lowest BCUT2D eigenvalue weighted by Gasteiger charge is -1.99. The third kappa shape index (κ3) is 1.22. The maximum Gasteiger partial charge on any atom is 0.249 e. The Kier molecular flexibility index (Phi) is 1.66. The van der Waals surface area contributed by atoms with Crippen molar-refractivity contribution in [2.45, 2.75) is 0 Å². The van der Waals surface area contributed by atoms with E-state index in [-0.39, 0.29) is 0 Å². The van der Waals surface area contributed by atoms with Crippen molar-refractivity contribution in [3.8, 4) is 0 Å². The molecule has 0 radical (unpaired) electrons. The van der Waals surface area contributed by atoms with Crippen molar-refractivity contribution in [2.75, 3.05) is 0 Å². The lowest BCUT2D eigenvalue weighted by Crippen LogP contribution is -2.11. The van der Waals surface area contributed by atoms with Crippen molar-refractivity contribution in [3.63, 3.8) is 0 Å². The van der Waals surface area contributed by atoms with Crippen LogP contribution in [0.25, 0.3) is 10.8 Å². The van der Waals surface area contributed by atoms with E-state index in [1.165, 1.54) is 6.20 Å². The van der Waals surface area contributed by atoms with Crippen LogP contribution in [0.4, 0.5) is 0 Å². The number of hydrogen-bond acceptors (Lipinski definition) is 3. The summed E-state index contributed by atoms with van der Waals surface area (Å²) >= 11 is 0. The first kappa shape index (κ1) is 7.67. The molecule has 1 aromatic heterocycles. The Morgan fingerprint density at radius 3 is 2.77 bits per heavy atom. The summed E-state index contributed by atoms with van der Waals surface area (Å²) in [6.45, 7) is 0. The van der Waals surface area contributed by atoms with Gasteiger partial charge in [0.25, 0.3) is 0 Å². The minimum Gasteiger partial charge on any atom is -0.366 e. The Bertz CT molecular complexity index is 462. The fourth-order valence-electron chi connectivity index (χ4n) is 1.24. The first-order chi connectivity index (χ1) is 6.29. The van der Waals surface area contributed by atoms with E-state index in [1.807, 2.05) is 6.07 Å². The van der Waals surface area contributed by atoms with Crippen molar-refractivity contribution < 1.29 is 4.79 Å². The van der Waals surface area contributed by atoms with Gasteiger partial charge in [-0.05, 0) is 6.07 Å². The van der Waals surface area contributed by atoms with E-state index in [9.17, 15) is 4.79 Å². The molecule has 0 atom stereocenters. The average Bonchev–Trinajstić information content (AvgIpc) is 2.17. The summed E-state index contributed by atoms with van der Waals surface area (Å²) in [5.74, 6) is -0.446. The standard InChI is InChI=1S/C9H7N3O/c10-9(13)7-3-1-2-6-4-11-12-5-8(6)7/h1-5H,(H2,10,13). The van der Waals surface area contributed by atoms with Gasteiger partial charge in [-0.25, -0.2) is 0 Å². The highest BCUT2D eigenvalue weighted by Crippen LogP contribution is 2.15. The number of hydrogen-bond donors (Lipinski definition) is 1. The number of carbonyl (C=O) groups is 1. The molecule has 1 amide bonds. The second-order valence-electron chi connectivity index (χ2n) is 2.66. The predicted octanol–water partition coefficient (Wildman–Crippen LogP) is 0.729. The second kappa shape index (κ2) is 2.82. The van der Waals surface area contributed by atoms with Crippen LogP contribution in [0.1, 0.15) is 10.4 Å². The molecule has 0 aliphatic heterocycles. The minimum absolute atomic E-state index is 0.446. The van der Waals surface area contributed by atoms with Gasteiger partial charge in [0.05, 0.1) is 12.4 Å². The molecule has 0 aliphatic rings. The first-order valence-corrected chi connectivity index (χ1v) is 3.78. The molecular weight excluding hydrogens is 166 g/mol. The van der Waals surface area contributed by atoms with Crippen LogP contribution in [0.15, 0.2) is 30.6 Å². The number of amides is 1. The predicted molar refractivity (Wildman–Crippen MR) is 48.1 cm³/mol. The summed E-state index contributed by atoms with van der Waals surface area (Å²) in [4.78, 5) is 11.0. The third-order valence-electron chi connectivity index (χ3n) is 1.86. The van der Waals surface area contributed by atoms with Gasteiger partial charge in [-0.2, -0.15) is 10.2 Å². The number of primary amides is 1. The fourth-order valence-corrected chi connectivity index (χ4v) is 1.24. The zero-order valence-electron chi connectivity index (χ0n) is 6.77. The van der Waals surface area contributed by atoms with Gasteiger partial charge < -0.3 is 5.73 Å². The molecule has 1 heterocycles. The van der Waals surface area contributed by atoms with E-state index >= 15 is 0 Å². The van der Waals surface area contributed by atoms with Crippen molar-refractivity contribution in [1.82, 2.24) is 10.2 Å². The third-order valence-corrected chi connectivity index (χ3v) is 1.86. The summed E-state index contributed by atoms with van der Waals surface area (Å²) in [6, 6.07) is 5.30. The Morgan fingerprint density at radius 2 is 2.00 bits per heavy atom. The molecule has 2 N–H and O–H groups in total. The SMILES string of the molecule is NC(=O)c1cccc2cnncc12. The van der Waals surface area contributed by atoms with Gasteiger partial charge in [0.15, 0.2) is 0 Å². The van der Waals surface area contributed by atoms with Crippen LogP contribution in [-0.4, -0.2) is 16.1 Å². The highest BCUT2D eigenvalue weighted by molar-refractivity contribution is 6.05. The van der Waals surface area contributed by atoms with Gasteiger partial charge in [0, 0.05) is 16.3 Å². The molecule has 0 saturated heterocycles. The maximum absolute atomic E-state index is 11.0. The quantitative estimate of drug-likeness (QED) is 0.691. The number of rotatable bonds is 1. The van der Waals surface area contributed by atoms with Crippen LogP contribution >= 0.6 is 0 Å². The monoisotopic (exact) mass is 173 g/mol.